The SMILES string of the molecule is CC(=O)N1CCCc2cc(S(=O)(=O)N(C)c3ccc4ccccc4c3)ccc21. The first kappa shape index (κ1) is 18.5. The van der Waals surface area contributed by atoms with Gasteiger partial charge in [-0.3, -0.25) is 9.10 Å². The van der Waals surface area contributed by atoms with Crippen molar-refractivity contribution in [3.05, 3.63) is 66.2 Å². The number of anilines is 2. The first-order chi connectivity index (χ1) is 13.4. The molecule has 0 fully saturated rings. The summed E-state index contributed by atoms with van der Waals surface area (Å²) >= 11 is 0. The minimum atomic E-state index is -3.70. The molecule has 0 aliphatic carbocycles. The van der Waals surface area contributed by atoms with Crippen LogP contribution in [-0.4, -0.2) is 27.9 Å². The van der Waals surface area contributed by atoms with Gasteiger partial charge in [-0.2, -0.15) is 0 Å². The molecule has 1 aliphatic rings. The summed E-state index contributed by atoms with van der Waals surface area (Å²) in [6.45, 7) is 2.21. The smallest absolute Gasteiger partial charge is 0.264 e. The van der Waals surface area contributed by atoms with Crippen LogP contribution in [0.5, 0.6) is 0 Å². The Hall–Kier alpha value is -2.86. The highest BCUT2D eigenvalue weighted by Gasteiger charge is 2.26. The van der Waals surface area contributed by atoms with Crippen molar-refractivity contribution in [1.29, 1.82) is 0 Å². The average molecular weight is 394 g/mol. The predicted molar refractivity (Wildman–Crippen MR) is 112 cm³/mol. The average Bonchev–Trinajstić information content (AvgIpc) is 2.71. The fourth-order valence-electron chi connectivity index (χ4n) is 3.73. The van der Waals surface area contributed by atoms with Crippen LogP contribution in [-0.2, 0) is 21.2 Å². The molecule has 0 saturated carbocycles. The number of benzene rings is 3. The van der Waals surface area contributed by atoms with E-state index in [-0.39, 0.29) is 10.8 Å². The molecule has 0 bridgehead atoms. The van der Waals surface area contributed by atoms with Gasteiger partial charge in [0.05, 0.1) is 10.6 Å². The zero-order valence-corrected chi connectivity index (χ0v) is 16.7. The largest absolute Gasteiger partial charge is 0.312 e. The van der Waals surface area contributed by atoms with Crippen molar-refractivity contribution in [2.24, 2.45) is 0 Å². The lowest BCUT2D eigenvalue weighted by atomic mass is 10.0. The molecule has 0 radical (unpaired) electrons. The van der Waals surface area contributed by atoms with Crippen molar-refractivity contribution in [2.75, 3.05) is 22.8 Å². The molecule has 5 nitrogen and oxygen atoms in total. The fraction of sp³-hybridized carbons (Fsp3) is 0.227. The second-order valence-electron chi connectivity index (χ2n) is 7.07. The van der Waals surface area contributed by atoms with Crippen LogP contribution in [0.15, 0.2) is 65.6 Å². The van der Waals surface area contributed by atoms with Crippen LogP contribution in [0.3, 0.4) is 0 Å². The normalized spacial score (nSPS) is 14.0. The molecule has 0 N–H and O–H groups in total. The summed E-state index contributed by atoms with van der Waals surface area (Å²) in [6, 6.07) is 18.5. The van der Waals surface area contributed by atoms with E-state index in [1.165, 1.54) is 11.2 Å². The summed E-state index contributed by atoms with van der Waals surface area (Å²) in [5.41, 5.74) is 2.32. The minimum absolute atomic E-state index is 0.0233. The Bertz CT molecular complexity index is 1170. The van der Waals surface area contributed by atoms with Crippen LogP contribution in [0.2, 0.25) is 0 Å². The maximum atomic E-state index is 13.2. The molecule has 1 amide bonds. The first-order valence-electron chi connectivity index (χ1n) is 9.27. The van der Waals surface area contributed by atoms with E-state index in [9.17, 15) is 13.2 Å². The molecule has 0 saturated heterocycles. The van der Waals surface area contributed by atoms with Crippen molar-refractivity contribution in [1.82, 2.24) is 0 Å². The summed E-state index contributed by atoms with van der Waals surface area (Å²) in [6.07, 6.45) is 1.60. The lowest BCUT2D eigenvalue weighted by Gasteiger charge is -2.29. The van der Waals surface area contributed by atoms with Crippen molar-refractivity contribution in [3.63, 3.8) is 0 Å². The second kappa shape index (κ2) is 6.95. The van der Waals surface area contributed by atoms with E-state index in [1.807, 2.05) is 42.5 Å². The van der Waals surface area contributed by atoms with E-state index in [1.54, 1.807) is 30.1 Å². The molecule has 0 aromatic heterocycles. The van der Waals surface area contributed by atoms with Crippen molar-refractivity contribution in [3.8, 4) is 0 Å². The Labute approximate surface area is 165 Å². The quantitative estimate of drug-likeness (QED) is 0.676. The third kappa shape index (κ3) is 3.14. The van der Waals surface area contributed by atoms with Crippen molar-refractivity contribution in [2.45, 2.75) is 24.7 Å². The Morgan fingerprint density at radius 3 is 2.50 bits per heavy atom. The van der Waals surface area contributed by atoms with Crippen LogP contribution < -0.4 is 9.21 Å². The number of sulfonamides is 1. The molecule has 6 heteroatoms. The van der Waals surface area contributed by atoms with E-state index in [4.69, 9.17) is 0 Å². The van der Waals surface area contributed by atoms with Gasteiger partial charge in [-0.15, -0.1) is 0 Å². The van der Waals surface area contributed by atoms with Gasteiger partial charge in [-0.05, 0) is 59.5 Å². The fourth-order valence-corrected chi connectivity index (χ4v) is 4.97. The van der Waals surface area contributed by atoms with Gasteiger partial charge in [-0.1, -0.05) is 30.3 Å². The van der Waals surface area contributed by atoms with Crippen LogP contribution >= 0.6 is 0 Å². The molecule has 0 unspecified atom stereocenters. The van der Waals surface area contributed by atoms with E-state index < -0.39 is 10.0 Å². The first-order valence-corrected chi connectivity index (χ1v) is 10.7. The Kier molecular flexibility index (Phi) is 4.59. The van der Waals surface area contributed by atoms with Gasteiger partial charge in [0.2, 0.25) is 5.91 Å². The van der Waals surface area contributed by atoms with E-state index >= 15 is 0 Å². The zero-order chi connectivity index (χ0) is 19.9. The topological polar surface area (TPSA) is 57.7 Å². The molecule has 144 valence electrons. The van der Waals surface area contributed by atoms with Gasteiger partial charge >= 0.3 is 0 Å². The Balaban J connectivity index is 1.72. The van der Waals surface area contributed by atoms with Crippen molar-refractivity contribution < 1.29 is 13.2 Å². The second-order valence-corrected chi connectivity index (χ2v) is 9.04. The molecule has 28 heavy (non-hydrogen) atoms. The van der Waals surface area contributed by atoms with Gasteiger partial charge in [0, 0.05) is 26.2 Å². The molecule has 4 rings (SSSR count). The van der Waals surface area contributed by atoms with Gasteiger partial charge in [0.15, 0.2) is 0 Å². The number of aryl methyl sites for hydroxylation is 1. The molecular formula is C22H22N2O3S. The number of fused-ring (bicyclic) bond motifs is 2. The third-order valence-electron chi connectivity index (χ3n) is 5.30. The molecular weight excluding hydrogens is 372 g/mol. The van der Waals surface area contributed by atoms with E-state index in [0.29, 0.717) is 12.2 Å². The Morgan fingerprint density at radius 1 is 1.00 bits per heavy atom. The van der Waals surface area contributed by atoms with Crippen LogP contribution in [0.1, 0.15) is 18.9 Å². The summed E-state index contributed by atoms with van der Waals surface area (Å²) in [5.74, 6) is -0.0233. The van der Waals surface area contributed by atoms with Gasteiger partial charge < -0.3 is 4.90 Å². The highest BCUT2D eigenvalue weighted by atomic mass is 32.2. The molecule has 3 aromatic rings. The number of carbonyl (C=O) groups excluding carboxylic acids is 1. The number of hydrogen-bond acceptors (Lipinski definition) is 3. The molecule has 1 aliphatic heterocycles. The van der Waals surface area contributed by atoms with Crippen LogP contribution in [0, 0.1) is 0 Å². The number of nitrogens with zero attached hydrogens (tertiary/aromatic N) is 2. The van der Waals surface area contributed by atoms with Crippen LogP contribution in [0.4, 0.5) is 11.4 Å². The highest BCUT2D eigenvalue weighted by Crippen LogP contribution is 2.32. The summed E-state index contributed by atoms with van der Waals surface area (Å²) in [4.78, 5) is 13.8. The minimum Gasteiger partial charge on any atom is -0.312 e. The lowest BCUT2D eigenvalue weighted by molar-refractivity contribution is -0.116. The van der Waals surface area contributed by atoms with Gasteiger partial charge in [0.1, 0.15) is 0 Å². The summed E-state index contributed by atoms with van der Waals surface area (Å²) in [5, 5.41) is 2.06. The van der Waals surface area contributed by atoms with Gasteiger partial charge in [-0.25, -0.2) is 8.42 Å². The Morgan fingerprint density at radius 2 is 1.75 bits per heavy atom. The number of carbonyl (C=O) groups is 1. The maximum Gasteiger partial charge on any atom is 0.264 e. The van der Waals surface area contributed by atoms with Crippen molar-refractivity contribution >= 4 is 38.1 Å². The standard InChI is InChI=1S/C22H22N2O3S/c1-16(25)24-13-5-8-19-15-21(11-12-22(19)24)28(26,27)23(2)20-10-9-17-6-3-4-7-18(17)14-20/h3-4,6-7,9-12,14-15H,5,8,13H2,1-2H3. The van der Waals surface area contributed by atoms with Crippen LogP contribution in [0.25, 0.3) is 10.8 Å². The lowest BCUT2D eigenvalue weighted by Crippen LogP contribution is -2.34. The monoisotopic (exact) mass is 394 g/mol. The van der Waals surface area contributed by atoms with E-state index in [2.05, 4.69) is 0 Å². The highest BCUT2D eigenvalue weighted by molar-refractivity contribution is 7.92. The number of rotatable bonds is 3. The molecule has 3 aromatic carbocycles. The number of hydrogen-bond donors (Lipinski definition) is 0. The maximum absolute atomic E-state index is 13.2. The summed E-state index contributed by atoms with van der Waals surface area (Å²) in [7, 11) is -2.13. The molecule has 1 heterocycles. The van der Waals surface area contributed by atoms with Gasteiger partial charge in [0.25, 0.3) is 10.0 Å². The molecule has 0 spiro atoms. The zero-order valence-electron chi connectivity index (χ0n) is 15.9. The predicted octanol–water partition coefficient (Wildman–Crippen LogP) is 3.96. The molecule has 0 atom stereocenters. The third-order valence-corrected chi connectivity index (χ3v) is 7.09. The number of amides is 1. The summed E-state index contributed by atoms with van der Waals surface area (Å²) < 4.78 is 27.7. The van der Waals surface area contributed by atoms with E-state index in [0.717, 1.165) is 34.9 Å².